The van der Waals surface area contributed by atoms with Gasteiger partial charge in [-0.3, -0.25) is 5.10 Å². The molecule has 0 unspecified atom stereocenters. The number of nitrogens with zero attached hydrogens (tertiary/aromatic N) is 3. The van der Waals surface area contributed by atoms with Gasteiger partial charge in [-0.05, 0) is 17.7 Å². The second-order valence-corrected chi connectivity index (χ2v) is 7.70. The molecule has 1 aromatic carbocycles. The first-order chi connectivity index (χ1) is 11.9. The maximum absolute atomic E-state index is 11.6. The molecule has 8 nitrogen and oxygen atoms in total. The Kier molecular flexibility index (Phi) is 4.86. The largest absolute Gasteiger partial charge is 0.365 e. The van der Waals surface area contributed by atoms with Crippen LogP contribution in [0.15, 0.2) is 47.8 Å². The normalized spacial score (nSPS) is 11.3. The van der Waals surface area contributed by atoms with Crippen LogP contribution >= 0.6 is 11.6 Å². The molecule has 3 aromatic rings. The summed E-state index contributed by atoms with van der Waals surface area (Å²) >= 11 is 6.12. The molecule has 0 saturated carbocycles. The third-order valence-corrected chi connectivity index (χ3v) is 4.67. The third-order valence-electron chi connectivity index (χ3n) is 3.29. The number of hydrogen-bond donors (Lipinski definition) is 3. The highest BCUT2D eigenvalue weighted by atomic mass is 35.5. The summed E-state index contributed by atoms with van der Waals surface area (Å²) in [6, 6.07) is 6.69. The van der Waals surface area contributed by atoms with Gasteiger partial charge < -0.3 is 10.6 Å². The van der Waals surface area contributed by atoms with Gasteiger partial charge >= 0.3 is 0 Å². The molecule has 10 heteroatoms. The number of nitrogens with one attached hydrogen (secondary N) is 3. The molecular formula is C15H15ClN6O2S. The van der Waals surface area contributed by atoms with Gasteiger partial charge in [0.05, 0.1) is 23.0 Å². The van der Waals surface area contributed by atoms with Crippen molar-refractivity contribution in [1.82, 2.24) is 20.2 Å². The van der Waals surface area contributed by atoms with Gasteiger partial charge in [-0.15, -0.1) is 0 Å². The number of aromatic amines is 1. The van der Waals surface area contributed by atoms with E-state index in [-0.39, 0.29) is 4.90 Å². The van der Waals surface area contributed by atoms with E-state index in [2.05, 4.69) is 30.8 Å². The standard InChI is InChI=1S/C15H15ClN6O2S/c1-25(23,24)12-4-2-3-10(5-12)6-17-14-13(16)9-18-15(22-14)21-11-7-19-20-8-11/h2-5,7-9H,6H2,1H3,(H,19,20)(H2,17,18,21,22). The molecule has 3 rings (SSSR count). The molecule has 0 saturated heterocycles. The molecule has 0 aliphatic rings. The van der Waals surface area contributed by atoms with E-state index in [0.717, 1.165) is 5.56 Å². The first-order valence-corrected chi connectivity index (χ1v) is 9.50. The Hall–Kier alpha value is -2.65. The van der Waals surface area contributed by atoms with Crippen LogP contribution in [0.5, 0.6) is 0 Å². The van der Waals surface area contributed by atoms with Crippen molar-refractivity contribution in [3.05, 3.63) is 53.4 Å². The first kappa shape index (κ1) is 17.2. The van der Waals surface area contributed by atoms with Crippen molar-refractivity contribution in [2.45, 2.75) is 11.4 Å². The number of sulfone groups is 1. The fourth-order valence-electron chi connectivity index (χ4n) is 2.07. The van der Waals surface area contributed by atoms with E-state index in [1.165, 1.54) is 12.5 Å². The van der Waals surface area contributed by atoms with Crippen molar-refractivity contribution in [2.24, 2.45) is 0 Å². The predicted octanol–water partition coefficient (Wildman–Crippen LogP) is 2.61. The number of halogens is 1. The summed E-state index contributed by atoms with van der Waals surface area (Å²) in [5.74, 6) is 0.797. The average molecular weight is 379 g/mol. The van der Waals surface area contributed by atoms with Crippen molar-refractivity contribution in [3.8, 4) is 0 Å². The Balaban J connectivity index is 1.74. The Morgan fingerprint density at radius 2 is 2.12 bits per heavy atom. The number of benzene rings is 1. The highest BCUT2D eigenvalue weighted by Gasteiger charge is 2.09. The maximum atomic E-state index is 11.6. The summed E-state index contributed by atoms with van der Waals surface area (Å²) in [6.45, 7) is 0.366. The minimum atomic E-state index is -3.25. The predicted molar refractivity (Wildman–Crippen MR) is 95.8 cm³/mol. The maximum Gasteiger partial charge on any atom is 0.229 e. The molecule has 0 fully saturated rings. The molecular weight excluding hydrogens is 364 g/mol. The molecule has 0 radical (unpaired) electrons. The van der Waals surface area contributed by atoms with Gasteiger partial charge in [0.1, 0.15) is 5.02 Å². The number of H-pyrrole nitrogens is 1. The Labute approximate surface area is 149 Å². The van der Waals surface area contributed by atoms with Crippen LogP contribution < -0.4 is 10.6 Å². The number of aromatic nitrogens is 4. The lowest BCUT2D eigenvalue weighted by Crippen LogP contribution is -2.06. The lowest BCUT2D eigenvalue weighted by Gasteiger charge is -2.10. The fraction of sp³-hybridized carbons (Fsp3) is 0.133. The van der Waals surface area contributed by atoms with Crippen molar-refractivity contribution in [1.29, 1.82) is 0 Å². The molecule has 0 bridgehead atoms. The Bertz CT molecular complexity index is 975. The van der Waals surface area contributed by atoms with Crippen LogP contribution in [0.3, 0.4) is 0 Å². The van der Waals surface area contributed by atoms with Crippen molar-refractivity contribution in [2.75, 3.05) is 16.9 Å². The number of hydrogen-bond acceptors (Lipinski definition) is 7. The zero-order valence-corrected chi connectivity index (χ0v) is 14.8. The van der Waals surface area contributed by atoms with Crippen molar-refractivity contribution < 1.29 is 8.42 Å². The van der Waals surface area contributed by atoms with Gasteiger partial charge in [-0.25, -0.2) is 13.4 Å². The molecule has 0 aliphatic heterocycles. The summed E-state index contributed by atoms with van der Waals surface area (Å²) in [7, 11) is -3.25. The van der Waals surface area contributed by atoms with Crippen molar-refractivity contribution >= 4 is 38.9 Å². The molecule has 0 spiro atoms. The summed E-state index contributed by atoms with van der Waals surface area (Å²) in [6.07, 6.45) is 5.92. The number of rotatable bonds is 6. The average Bonchev–Trinajstić information content (AvgIpc) is 3.08. The molecule has 130 valence electrons. The van der Waals surface area contributed by atoms with E-state index in [9.17, 15) is 8.42 Å². The molecule has 2 aromatic heterocycles. The molecule has 0 amide bonds. The Morgan fingerprint density at radius 3 is 2.84 bits per heavy atom. The van der Waals surface area contributed by atoms with E-state index >= 15 is 0 Å². The van der Waals surface area contributed by atoms with Crippen LogP contribution in [-0.2, 0) is 16.4 Å². The van der Waals surface area contributed by atoms with E-state index in [1.54, 1.807) is 30.6 Å². The lowest BCUT2D eigenvalue weighted by atomic mass is 10.2. The Morgan fingerprint density at radius 1 is 1.28 bits per heavy atom. The van der Waals surface area contributed by atoms with Crippen LogP contribution in [0.25, 0.3) is 0 Å². The van der Waals surface area contributed by atoms with Crippen LogP contribution in [0.4, 0.5) is 17.5 Å². The summed E-state index contributed by atoms with van der Waals surface area (Å²) in [4.78, 5) is 8.67. The lowest BCUT2D eigenvalue weighted by molar-refractivity contribution is 0.601. The van der Waals surface area contributed by atoms with Crippen LogP contribution in [0, 0.1) is 0 Å². The van der Waals surface area contributed by atoms with Crippen molar-refractivity contribution in [3.63, 3.8) is 0 Å². The topological polar surface area (TPSA) is 113 Å². The first-order valence-electron chi connectivity index (χ1n) is 7.23. The van der Waals surface area contributed by atoms with Gasteiger partial charge in [0, 0.05) is 19.0 Å². The molecule has 3 N–H and O–H groups in total. The molecule has 25 heavy (non-hydrogen) atoms. The monoisotopic (exact) mass is 378 g/mol. The van der Waals surface area contributed by atoms with Gasteiger partial charge in [-0.1, -0.05) is 23.7 Å². The zero-order chi connectivity index (χ0) is 17.9. The van der Waals surface area contributed by atoms with Gasteiger partial charge in [0.25, 0.3) is 0 Å². The van der Waals surface area contributed by atoms with Gasteiger partial charge in [0.15, 0.2) is 15.7 Å². The highest BCUT2D eigenvalue weighted by Crippen LogP contribution is 2.22. The minimum Gasteiger partial charge on any atom is -0.365 e. The smallest absolute Gasteiger partial charge is 0.229 e. The third kappa shape index (κ3) is 4.46. The van der Waals surface area contributed by atoms with E-state index in [0.29, 0.717) is 29.0 Å². The second-order valence-electron chi connectivity index (χ2n) is 5.28. The van der Waals surface area contributed by atoms with Crippen LogP contribution in [-0.4, -0.2) is 34.8 Å². The summed E-state index contributed by atoms with van der Waals surface area (Å²) in [5, 5.41) is 12.9. The summed E-state index contributed by atoms with van der Waals surface area (Å²) in [5.41, 5.74) is 1.51. The SMILES string of the molecule is CS(=O)(=O)c1cccc(CNc2nc(Nc3cn[nH]c3)ncc2Cl)c1. The molecule has 2 heterocycles. The summed E-state index contributed by atoms with van der Waals surface area (Å²) < 4.78 is 23.3. The fourth-order valence-corrected chi connectivity index (χ4v) is 2.92. The zero-order valence-electron chi connectivity index (χ0n) is 13.2. The second kappa shape index (κ2) is 7.08. The van der Waals surface area contributed by atoms with Crippen LogP contribution in [0.2, 0.25) is 5.02 Å². The van der Waals surface area contributed by atoms with Crippen LogP contribution in [0.1, 0.15) is 5.56 Å². The number of anilines is 3. The molecule has 0 atom stereocenters. The quantitative estimate of drug-likeness (QED) is 0.604. The molecule has 0 aliphatic carbocycles. The van der Waals surface area contributed by atoms with E-state index in [4.69, 9.17) is 11.6 Å². The highest BCUT2D eigenvalue weighted by molar-refractivity contribution is 7.90. The van der Waals surface area contributed by atoms with Gasteiger partial charge in [0.2, 0.25) is 5.95 Å². The van der Waals surface area contributed by atoms with E-state index < -0.39 is 9.84 Å². The van der Waals surface area contributed by atoms with Gasteiger partial charge in [-0.2, -0.15) is 10.1 Å². The minimum absolute atomic E-state index is 0.267. The van der Waals surface area contributed by atoms with E-state index in [1.807, 2.05) is 6.07 Å².